The van der Waals surface area contributed by atoms with Gasteiger partial charge in [0.15, 0.2) is 0 Å². The van der Waals surface area contributed by atoms with Crippen LogP contribution in [0, 0.1) is 11.3 Å². The molecule has 1 aromatic carbocycles. The Morgan fingerprint density at radius 1 is 1.20 bits per heavy atom. The first-order chi connectivity index (χ1) is 9.23. The van der Waals surface area contributed by atoms with Crippen LogP contribution in [0.3, 0.4) is 0 Å². The highest BCUT2D eigenvalue weighted by molar-refractivity contribution is 6.35. The fraction of sp³-hybridized carbons (Fsp3) is 0.647. The van der Waals surface area contributed by atoms with Gasteiger partial charge in [-0.15, -0.1) is 0 Å². The highest BCUT2D eigenvalue weighted by atomic mass is 35.5. The van der Waals surface area contributed by atoms with Crippen LogP contribution in [-0.2, 0) is 0 Å². The molecule has 0 bridgehead atoms. The van der Waals surface area contributed by atoms with Crippen LogP contribution in [0.4, 0.5) is 0 Å². The average Bonchev–Trinajstić information content (AvgIpc) is 2.25. The van der Waals surface area contributed by atoms with Crippen molar-refractivity contribution >= 4 is 23.2 Å². The van der Waals surface area contributed by atoms with Gasteiger partial charge in [0.05, 0.1) is 0 Å². The zero-order chi connectivity index (χ0) is 15.3. The summed E-state index contributed by atoms with van der Waals surface area (Å²) in [6, 6.07) is 6.09. The smallest absolute Gasteiger partial charge is 0.0468 e. The zero-order valence-corrected chi connectivity index (χ0v) is 14.8. The van der Waals surface area contributed by atoms with Crippen molar-refractivity contribution in [3.05, 3.63) is 33.8 Å². The summed E-state index contributed by atoms with van der Waals surface area (Å²) in [6.07, 6.45) is 2.30. The lowest BCUT2D eigenvalue weighted by Crippen LogP contribution is -2.24. The van der Waals surface area contributed by atoms with Gasteiger partial charge in [-0.25, -0.2) is 0 Å². The van der Waals surface area contributed by atoms with Crippen LogP contribution in [0.15, 0.2) is 18.2 Å². The Kier molecular flexibility index (Phi) is 6.84. The van der Waals surface area contributed by atoms with Crippen molar-refractivity contribution in [1.29, 1.82) is 0 Å². The molecule has 1 nitrogen and oxygen atoms in total. The van der Waals surface area contributed by atoms with Crippen molar-refractivity contribution in [3.63, 3.8) is 0 Å². The van der Waals surface area contributed by atoms with Crippen LogP contribution >= 0.6 is 23.2 Å². The fourth-order valence-corrected chi connectivity index (χ4v) is 3.42. The Morgan fingerprint density at radius 3 is 2.35 bits per heavy atom. The summed E-state index contributed by atoms with van der Waals surface area (Å²) in [5.74, 6) is 0.644. The predicted molar refractivity (Wildman–Crippen MR) is 90.7 cm³/mol. The first-order valence-electron chi connectivity index (χ1n) is 7.41. The Labute approximate surface area is 134 Å². The van der Waals surface area contributed by atoms with Crippen LogP contribution in [-0.4, -0.2) is 6.54 Å². The lowest BCUT2D eigenvalue weighted by molar-refractivity contribution is 0.276. The topological polar surface area (TPSA) is 12.0 Å². The van der Waals surface area contributed by atoms with E-state index in [9.17, 15) is 0 Å². The van der Waals surface area contributed by atoms with E-state index < -0.39 is 0 Å². The molecule has 114 valence electrons. The third kappa shape index (κ3) is 6.03. The van der Waals surface area contributed by atoms with Gasteiger partial charge in [0, 0.05) is 16.1 Å². The maximum absolute atomic E-state index is 6.35. The molecule has 0 aromatic heterocycles. The van der Waals surface area contributed by atoms with E-state index in [1.54, 1.807) is 0 Å². The molecule has 20 heavy (non-hydrogen) atoms. The van der Waals surface area contributed by atoms with Crippen molar-refractivity contribution < 1.29 is 0 Å². The molecule has 1 rings (SSSR count). The molecule has 0 saturated heterocycles. The number of benzene rings is 1. The molecule has 3 heteroatoms. The molecule has 2 unspecified atom stereocenters. The predicted octanol–water partition coefficient (Wildman–Crippen LogP) is 6.11. The molecule has 0 radical (unpaired) electrons. The van der Waals surface area contributed by atoms with Crippen molar-refractivity contribution in [2.75, 3.05) is 6.54 Å². The van der Waals surface area contributed by atoms with Gasteiger partial charge in [0.25, 0.3) is 0 Å². The lowest BCUT2D eigenvalue weighted by atomic mass is 9.82. The fourth-order valence-electron chi connectivity index (χ4n) is 2.88. The molecule has 2 atom stereocenters. The van der Waals surface area contributed by atoms with Crippen molar-refractivity contribution in [2.24, 2.45) is 11.3 Å². The maximum atomic E-state index is 6.35. The number of rotatable bonds is 6. The molecule has 1 aromatic rings. The number of nitrogens with one attached hydrogen (secondary N) is 1. The van der Waals surface area contributed by atoms with Crippen LogP contribution in [0.25, 0.3) is 0 Å². The van der Waals surface area contributed by atoms with E-state index in [1.807, 2.05) is 18.2 Å². The Balaban J connectivity index is 2.83. The second-order valence-corrected chi connectivity index (χ2v) is 7.73. The summed E-state index contributed by atoms with van der Waals surface area (Å²) in [4.78, 5) is 0. The molecule has 0 saturated carbocycles. The number of halogens is 2. The summed E-state index contributed by atoms with van der Waals surface area (Å²) in [5.41, 5.74) is 1.51. The SMILES string of the molecule is CCNC(CC(C)CC(C)(C)C)c1ccc(Cl)cc1Cl. The number of hydrogen-bond donors (Lipinski definition) is 1. The van der Waals surface area contributed by atoms with Gasteiger partial charge >= 0.3 is 0 Å². The van der Waals surface area contributed by atoms with Crippen molar-refractivity contribution in [1.82, 2.24) is 5.32 Å². The second kappa shape index (κ2) is 7.68. The molecule has 0 aliphatic heterocycles. The molecule has 0 aliphatic carbocycles. The van der Waals surface area contributed by atoms with Crippen molar-refractivity contribution in [3.8, 4) is 0 Å². The number of hydrogen-bond acceptors (Lipinski definition) is 1. The molecule has 0 spiro atoms. The molecular weight excluding hydrogens is 289 g/mol. The summed E-state index contributed by atoms with van der Waals surface area (Å²) in [6.45, 7) is 12.3. The van der Waals surface area contributed by atoms with Crippen LogP contribution in [0.1, 0.15) is 59.1 Å². The molecule has 0 fully saturated rings. The van der Waals surface area contributed by atoms with Crippen LogP contribution < -0.4 is 5.32 Å². The van der Waals surface area contributed by atoms with Gasteiger partial charge in [-0.1, -0.05) is 63.9 Å². The molecular formula is C17H27Cl2N. The van der Waals surface area contributed by atoms with Crippen LogP contribution in [0.5, 0.6) is 0 Å². The average molecular weight is 316 g/mol. The third-order valence-electron chi connectivity index (χ3n) is 3.39. The van der Waals surface area contributed by atoms with E-state index in [-0.39, 0.29) is 0 Å². The highest BCUT2D eigenvalue weighted by Gasteiger charge is 2.21. The summed E-state index contributed by atoms with van der Waals surface area (Å²) < 4.78 is 0. The van der Waals surface area contributed by atoms with Gasteiger partial charge in [-0.05, 0) is 48.4 Å². The van der Waals surface area contributed by atoms with E-state index in [4.69, 9.17) is 23.2 Å². The minimum atomic E-state index is 0.294. The second-order valence-electron chi connectivity index (χ2n) is 6.88. The first kappa shape index (κ1) is 17.8. The van der Waals surface area contributed by atoms with E-state index >= 15 is 0 Å². The van der Waals surface area contributed by atoms with Gasteiger partial charge in [0.1, 0.15) is 0 Å². The molecule has 0 amide bonds. The van der Waals surface area contributed by atoms with Gasteiger partial charge in [-0.2, -0.15) is 0 Å². The lowest BCUT2D eigenvalue weighted by Gasteiger charge is -2.28. The van der Waals surface area contributed by atoms with Gasteiger partial charge in [0.2, 0.25) is 0 Å². The highest BCUT2D eigenvalue weighted by Crippen LogP contribution is 2.33. The van der Waals surface area contributed by atoms with E-state index in [2.05, 4.69) is 39.9 Å². The van der Waals surface area contributed by atoms with E-state index in [0.29, 0.717) is 22.4 Å². The Hall–Kier alpha value is -0.240. The monoisotopic (exact) mass is 315 g/mol. The minimum Gasteiger partial charge on any atom is -0.310 e. The van der Waals surface area contributed by atoms with E-state index in [1.165, 1.54) is 6.42 Å². The third-order valence-corrected chi connectivity index (χ3v) is 3.95. The molecule has 1 N–H and O–H groups in total. The van der Waals surface area contributed by atoms with E-state index in [0.717, 1.165) is 23.6 Å². The van der Waals surface area contributed by atoms with Crippen LogP contribution in [0.2, 0.25) is 10.0 Å². The summed E-state index contributed by atoms with van der Waals surface area (Å²) >= 11 is 12.3. The quantitative estimate of drug-likeness (QED) is 0.668. The summed E-state index contributed by atoms with van der Waals surface area (Å²) in [7, 11) is 0. The first-order valence-corrected chi connectivity index (χ1v) is 8.17. The summed E-state index contributed by atoms with van der Waals surface area (Å²) in [5, 5.41) is 5.00. The normalized spacial score (nSPS) is 15.2. The van der Waals surface area contributed by atoms with Gasteiger partial charge in [-0.3, -0.25) is 0 Å². The Morgan fingerprint density at radius 2 is 1.85 bits per heavy atom. The Bertz CT molecular complexity index is 423. The van der Waals surface area contributed by atoms with Gasteiger partial charge < -0.3 is 5.32 Å². The largest absolute Gasteiger partial charge is 0.310 e. The van der Waals surface area contributed by atoms with Crippen molar-refractivity contribution in [2.45, 2.75) is 53.5 Å². The molecule has 0 aliphatic rings. The minimum absolute atomic E-state index is 0.294. The molecule has 0 heterocycles. The zero-order valence-electron chi connectivity index (χ0n) is 13.3. The maximum Gasteiger partial charge on any atom is 0.0468 e. The standard InChI is InChI=1S/C17H27Cl2N/c1-6-20-16(9-12(2)11-17(3,4)5)14-8-7-13(18)10-15(14)19/h7-8,10,12,16,20H,6,9,11H2,1-5H3.